The number of aryl methyl sites for hydroxylation is 1. The van der Waals surface area contributed by atoms with Crippen molar-refractivity contribution in [3.63, 3.8) is 0 Å². The third-order valence-electron chi connectivity index (χ3n) is 5.71. The summed E-state index contributed by atoms with van der Waals surface area (Å²) in [6, 6.07) is 3.81. The van der Waals surface area contributed by atoms with E-state index in [4.69, 9.17) is 9.72 Å². The smallest absolute Gasteiger partial charge is 0.242 e. The molecule has 1 aliphatic rings. The first-order valence-corrected chi connectivity index (χ1v) is 10.6. The van der Waals surface area contributed by atoms with E-state index in [1.165, 1.54) is 41.9 Å². The number of pyridine rings is 1. The van der Waals surface area contributed by atoms with Crippen molar-refractivity contribution in [2.75, 3.05) is 32.1 Å². The quantitative estimate of drug-likeness (QED) is 0.606. The minimum atomic E-state index is -0.144. The Morgan fingerprint density at radius 3 is 2.72 bits per heavy atom. The van der Waals surface area contributed by atoms with Gasteiger partial charge in [0.05, 0.1) is 12.3 Å². The molecule has 2 aromatic heterocycles. The molecule has 2 heterocycles. The number of likely N-dealkylation sites (N-methyl/N-ethyl adjacent to an activating group) is 1. The van der Waals surface area contributed by atoms with E-state index in [-0.39, 0.29) is 12.5 Å². The molecule has 0 N–H and O–H groups in total. The van der Waals surface area contributed by atoms with Crippen molar-refractivity contribution in [3.05, 3.63) is 24.0 Å². The van der Waals surface area contributed by atoms with Crippen LogP contribution in [0.2, 0.25) is 0 Å². The van der Waals surface area contributed by atoms with Crippen LogP contribution in [-0.4, -0.2) is 53.8 Å². The Morgan fingerprint density at radius 2 is 2.07 bits per heavy atom. The van der Waals surface area contributed by atoms with Crippen LogP contribution >= 0.6 is 0 Å². The molecule has 7 heteroatoms. The van der Waals surface area contributed by atoms with Crippen molar-refractivity contribution in [1.29, 1.82) is 0 Å². The highest BCUT2D eigenvalue weighted by Crippen LogP contribution is 2.30. The normalized spacial score (nSPS) is 14.7. The lowest BCUT2D eigenvalue weighted by Crippen LogP contribution is -2.36. The minimum Gasteiger partial charge on any atom is -0.490 e. The number of fused-ring (bicyclic) bond motifs is 1. The molecule has 0 radical (unpaired) electrons. The molecule has 1 aliphatic carbocycles. The van der Waals surface area contributed by atoms with Crippen LogP contribution < -0.4 is 9.64 Å². The fourth-order valence-corrected chi connectivity index (χ4v) is 3.99. The molecule has 3 rings (SSSR count). The van der Waals surface area contributed by atoms with E-state index in [1.54, 1.807) is 14.1 Å². The maximum atomic E-state index is 12.2. The van der Waals surface area contributed by atoms with Gasteiger partial charge in [-0.2, -0.15) is 0 Å². The number of imidazole rings is 1. The van der Waals surface area contributed by atoms with Gasteiger partial charge in [-0.1, -0.05) is 39.0 Å². The molecular weight excluding hydrogens is 368 g/mol. The number of aromatic nitrogens is 2. The van der Waals surface area contributed by atoms with Gasteiger partial charge in [-0.25, -0.2) is 4.98 Å². The van der Waals surface area contributed by atoms with E-state index in [9.17, 15) is 9.59 Å². The molecule has 158 valence electrons. The Hall–Kier alpha value is -2.57. The SMILES string of the molecule is CCc1nc2c(OCCC3CCCCC3)cccn2c1N(C=O)CC(=O)N(C)C. The van der Waals surface area contributed by atoms with E-state index >= 15 is 0 Å². The molecule has 0 bridgehead atoms. The number of ether oxygens (including phenoxy) is 1. The summed E-state index contributed by atoms with van der Waals surface area (Å²) in [7, 11) is 3.36. The summed E-state index contributed by atoms with van der Waals surface area (Å²) in [5, 5.41) is 0. The summed E-state index contributed by atoms with van der Waals surface area (Å²) in [5.74, 6) is 1.96. The average Bonchev–Trinajstić information content (AvgIpc) is 3.12. The number of carbonyl (C=O) groups is 2. The number of hydrogen-bond donors (Lipinski definition) is 0. The van der Waals surface area contributed by atoms with Crippen LogP contribution in [0.1, 0.15) is 51.1 Å². The van der Waals surface area contributed by atoms with Crippen LogP contribution in [0.25, 0.3) is 5.65 Å². The summed E-state index contributed by atoms with van der Waals surface area (Å²) in [5.41, 5.74) is 1.46. The lowest BCUT2D eigenvalue weighted by Gasteiger charge is -2.21. The zero-order chi connectivity index (χ0) is 20.8. The first-order chi connectivity index (χ1) is 14.0. The fourth-order valence-electron chi connectivity index (χ4n) is 3.99. The lowest BCUT2D eigenvalue weighted by atomic mass is 9.87. The molecule has 0 aromatic carbocycles. The molecule has 1 saturated carbocycles. The van der Waals surface area contributed by atoms with Crippen molar-refractivity contribution in [2.24, 2.45) is 5.92 Å². The molecular formula is C22H32N4O3. The van der Waals surface area contributed by atoms with Gasteiger partial charge in [-0.15, -0.1) is 0 Å². The molecule has 0 saturated heterocycles. The van der Waals surface area contributed by atoms with Crippen LogP contribution in [0.5, 0.6) is 5.75 Å². The summed E-state index contributed by atoms with van der Waals surface area (Å²) in [6.07, 6.45) is 10.9. The van der Waals surface area contributed by atoms with Crippen molar-refractivity contribution < 1.29 is 14.3 Å². The minimum absolute atomic E-state index is 0.0238. The number of nitrogens with zero attached hydrogens (tertiary/aromatic N) is 4. The first-order valence-electron chi connectivity index (χ1n) is 10.6. The Bertz CT molecular complexity index is 840. The second-order valence-electron chi connectivity index (χ2n) is 7.96. The van der Waals surface area contributed by atoms with Crippen LogP contribution in [-0.2, 0) is 16.0 Å². The zero-order valence-electron chi connectivity index (χ0n) is 17.8. The average molecular weight is 401 g/mol. The van der Waals surface area contributed by atoms with Crippen LogP contribution in [0.4, 0.5) is 5.82 Å². The summed E-state index contributed by atoms with van der Waals surface area (Å²) >= 11 is 0. The standard InChI is InChI=1S/C22H32N4O3/c1-4-18-22(25(16-27)15-20(28)24(2)3)26-13-8-11-19(21(26)23-18)29-14-12-17-9-6-5-7-10-17/h8,11,13,16-17H,4-7,9-10,12,14-15H2,1-3H3. The zero-order valence-corrected chi connectivity index (χ0v) is 17.8. The van der Waals surface area contributed by atoms with Gasteiger partial charge in [-0.3, -0.25) is 18.9 Å². The monoisotopic (exact) mass is 400 g/mol. The van der Waals surface area contributed by atoms with Gasteiger partial charge in [-0.05, 0) is 30.9 Å². The van der Waals surface area contributed by atoms with E-state index in [0.717, 1.165) is 18.0 Å². The molecule has 0 aliphatic heterocycles. The molecule has 29 heavy (non-hydrogen) atoms. The van der Waals surface area contributed by atoms with Crippen LogP contribution in [0, 0.1) is 5.92 Å². The van der Waals surface area contributed by atoms with Gasteiger partial charge >= 0.3 is 0 Å². The molecule has 0 unspecified atom stereocenters. The highest BCUT2D eigenvalue weighted by Gasteiger charge is 2.22. The number of carbonyl (C=O) groups excluding carboxylic acids is 2. The van der Waals surface area contributed by atoms with Crippen molar-refractivity contribution in [1.82, 2.24) is 14.3 Å². The van der Waals surface area contributed by atoms with Crippen molar-refractivity contribution >= 4 is 23.8 Å². The maximum absolute atomic E-state index is 12.2. The van der Waals surface area contributed by atoms with Crippen molar-refractivity contribution in [2.45, 2.75) is 51.9 Å². The van der Waals surface area contributed by atoms with E-state index < -0.39 is 0 Å². The third kappa shape index (κ3) is 4.89. The molecule has 2 aromatic rings. The van der Waals surface area contributed by atoms with E-state index in [0.29, 0.717) is 36.7 Å². The predicted octanol–water partition coefficient (Wildman–Crippen LogP) is 3.30. The number of hydrogen-bond acceptors (Lipinski definition) is 4. The van der Waals surface area contributed by atoms with Crippen LogP contribution in [0.3, 0.4) is 0 Å². The lowest BCUT2D eigenvalue weighted by molar-refractivity contribution is -0.128. The highest BCUT2D eigenvalue weighted by molar-refractivity contribution is 5.89. The summed E-state index contributed by atoms with van der Waals surface area (Å²) in [6.45, 7) is 2.64. The number of rotatable bonds is 9. The highest BCUT2D eigenvalue weighted by atomic mass is 16.5. The Balaban J connectivity index is 1.82. The largest absolute Gasteiger partial charge is 0.490 e. The van der Waals surface area contributed by atoms with Gasteiger partial charge in [0, 0.05) is 20.3 Å². The van der Waals surface area contributed by atoms with Gasteiger partial charge in [0.25, 0.3) is 0 Å². The molecule has 1 fully saturated rings. The van der Waals surface area contributed by atoms with E-state index in [1.807, 2.05) is 29.7 Å². The molecule has 2 amide bonds. The Kier molecular flexibility index (Phi) is 7.12. The molecule has 7 nitrogen and oxygen atoms in total. The fraction of sp³-hybridized carbons (Fsp3) is 0.591. The van der Waals surface area contributed by atoms with E-state index in [2.05, 4.69) is 0 Å². The van der Waals surface area contributed by atoms with Gasteiger partial charge in [0.1, 0.15) is 12.4 Å². The summed E-state index contributed by atoms with van der Waals surface area (Å²) < 4.78 is 7.96. The second-order valence-corrected chi connectivity index (χ2v) is 7.96. The maximum Gasteiger partial charge on any atom is 0.242 e. The Morgan fingerprint density at radius 1 is 1.31 bits per heavy atom. The number of anilines is 1. The van der Waals surface area contributed by atoms with Gasteiger partial charge in [0.15, 0.2) is 11.4 Å². The third-order valence-corrected chi connectivity index (χ3v) is 5.71. The second kappa shape index (κ2) is 9.76. The number of amides is 2. The van der Waals surface area contributed by atoms with Gasteiger partial charge < -0.3 is 9.64 Å². The molecule has 0 spiro atoms. The molecule has 0 atom stereocenters. The predicted molar refractivity (Wildman–Crippen MR) is 113 cm³/mol. The van der Waals surface area contributed by atoms with Gasteiger partial charge in [0.2, 0.25) is 12.3 Å². The van der Waals surface area contributed by atoms with Crippen LogP contribution in [0.15, 0.2) is 18.3 Å². The summed E-state index contributed by atoms with van der Waals surface area (Å²) in [4.78, 5) is 31.6. The van der Waals surface area contributed by atoms with Crippen molar-refractivity contribution in [3.8, 4) is 5.75 Å². The Labute approximate surface area is 172 Å². The first kappa shape index (κ1) is 21.1. The topological polar surface area (TPSA) is 67.2 Å².